The Kier molecular flexibility index (Phi) is 5.27. The van der Waals surface area contributed by atoms with Crippen molar-refractivity contribution in [2.45, 2.75) is 22.8 Å². The van der Waals surface area contributed by atoms with Crippen LogP contribution in [0.2, 0.25) is 5.02 Å². The minimum absolute atomic E-state index is 0.0346. The van der Waals surface area contributed by atoms with Crippen molar-refractivity contribution >= 4 is 37.0 Å². The highest BCUT2D eigenvalue weighted by Gasteiger charge is 2.19. The SMILES string of the molecule is CC(Nc1ccc(S(C)(=O)=O)cc1S(C)(=O)=O)c1ccc(Cl)cc1. The van der Waals surface area contributed by atoms with Crippen LogP contribution in [-0.2, 0) is 19.7 Å². The molecule has 0 aromatic heterocycles. The fourth-order valence-corrected chi connectivity index (χ4v) is 3.94. The quantitative estimate of drug-likeness (QED) is 0.851. The van der Waals surface area contributed by atoms with Crippen molar-refractivity contribution in [1.29, 1.82) is 0 Å². The van der Waals surface area contributed by atoms with Gasteiger partial charge in [-0.25, -0.2) is 16.8 Å². The van der Waals surface area contributed by atoms with Crippen LogP contribution in [0.15, 0.2) is 52.3 Å². The largest absolute Gasteiger partial charge is 0.377 e. The second-order valence-electron chi connectivity index (χ2n) is 5.62. The van der Waals surface area contributed by atoms with Gasteiger partial charge < -0.3 is 5.32 Å². The Morgan fingerprint density at radius 2 is 1.50 bits per heavy atom. The summed E-state index contributed by atoms with van der Waals surface area (Å²) < 4.78 is 47.4. The maximum absolute atomic E-state index is 12.0. The molecule has 0 fully saturated rings. The third-order valence-corrected chi connectivity index (χ3v) is 6.02. The van der Waals surface area contributed by atoms with E-state index in [4.69, 9.17) is 11.6 Å². The van der Waals surface area contributed by atoms with E-state index >= 15 is 0 Å². The lowest BCUT2D eigenvalue weighted by molar-refractivity contribution is 0.600. The highest BCUT2D eigenvalue weighted by molar-refractivity contribution is 7.91. The summed E-state index contributed by atoms with van der Waals surface area (Å²) in [5.74, 6) is 0. The normalized spacial score (nSPS) is 13.5. The molecule has 2 rings (SSSR count). The molecule has 1 N–H and O–H groups in total. The van der Waals surface area contributed by atoms with E-state index in [-0.39, 0.29) is 15.8 Å². The fourth-order valence-electron chi connectivity index (χ4n) is 2.23. The molecule has 1 unspecified atom stereocenters. The van der Waals surface area contributed by atoms with Gasteiger partial charge >= 0.3 is 0 Å². The van der Waals surface area contributed by atoms with Crippen LogP contribution in [0, 0.1) is 0 Å². The molecule has 0 aliphatic heterocycles. The maximum Gasteiger partial charge on any atom is 0.177 e. The summed E-state index contributed by atoms with van der Waals surface area (Å²) in [6, 6.07) is 11.0. The lowest BCUT2D eigenvalue weighted by Crippen LogP contribution is -2.11. The predicted octanol–water partition coefficient (Wildman–Crippen LogP) is 3.32. The third-order valence-electron chi connectivity index (χ3n) is 3.52. The van der Waals surface area contributed by atoms with E-state index in [1.165, 1.54) is 18.2 Å². The monoisotopic (exact) mass is 387 g/mol. The average Bonchev–Trinajstić information content (AvgIpc) is 2.46. The molecule has 0 radical (unpaired) electrons. The van der Waals surface area contributed by atoms with Crippen LogP contribution in [0.25, 0.3) is 0 Å². The molecule has 0 aliphatic carbocycles. The molecule has 0 heterocycles. The Morgan fingerprint density at radius 3 is 2.00 bits per heavy atom. The fraction of sp³-hybridized carbons (Fsp3) is 0.250. The first-order valence-corrected chi connectivity index (χ1v) is 11.2. The number of halogens is 1. The van der Waals surface area contributed by atoms with Crippen LogP contribution >= 0.6 is 11.6 Å². The second kappa shape index (κ2) is 6.74. The minimum Gasteiger partial charge on any atom is -0.377 e. The zero-order valence-electron chi connectivity index (χ0n) is 13.4. The van der Waals surface area contributed by atoms with E-state index in [0.29, 0.717) is 10.7 Å². The van der Waals surface area contributed by atoms with E-state index in [0.717, 1.165) is 18.1 Å². The Balaban J connectivity index is 2.44. The Hall–Kier alpha value is -1.57. The van der Waals surface area contributed by atoms with Gasteiger partial charge in [0, 0.05) is 23.6 Å². The molecule has 5 nitrogen and oxygen atoms in total. The van der Waals surface area contributed by atoms with Gasteiger partial charge in [0.15, 0.2) is 19.7 Å². The van der Waals surface area contributed by atoms with Crippen molar-refractivity contribution in [3.05, 3.63) is 53.1 Å². The molecule has 8 heteroatoms. The van der Waals surface area contributed by atoms with Crippen LogP contribution < -0.4 is 5.32 Å². The van der Waals surface area contributed by atoms with Crippen molar-refractivity contribution < 1.29 is 16.8 Å². The van der Waals surface area contributed by atoms with Crippen LogP contribution in [0.4, 0.5) is 5.69 Å². The van der Waals surface area contributed by atoms with Gasteiger partial charge in [-0.05, 0) is 42.8 Å². The third kappa shape index (κ3) is 4.49. The first-order valence-electron chi connectivity index (χ1n) is 7.04. The first kappa shape index (κ1) is 18.8. The number of benzene rings is 2. The van der Waals surface area contributed by atoms with Gasteiger partial charge in [0.25, 0.3) is 0 Å². The van der Waals surface area contributed by atoms with Crippen molar-refractivity contribution in [2.75, 3.05) is 17.8 Å². The summed E-state index contributed by atoms with van der Waals surface area (Å²) in [4.78, 5) is -0.0844. The first-order chi connectivity index (χ1) is 11.0. The minimum atomic E-state index is -3.60. The molecule has 0 saturated carbocycles. The van der Waals surface area contributed by atoms with Crippen molar-refractivity contribution in [3.8, 4) is 0 Å². The van der Waals surface area contributed by atoms with Gasteiger partial charge in [-0.15, -0.1) is 0 Å². The Bertz CT molecular complexity index is 952. The van der Waals surface area contributed by atoms with Gasteiger partial charge in [0.1, 0.15) is 0 Å². The number of nitrogens with one attached hydrogen (secondary N) is 1. The molecule has 0 bridgehead atoms. The van der Waals surface area contributed by atoms with Gasteiger partial charge in [0.05, 0.1) is 15.5 Å². The van der Waals surface area contributed by atoms with Crippen LogP contribution in [0.1, 0.15) is 18.5 Å². The predicted molar refractivity (Wildman–Crippen MR) is 96.2 cm³/mol. The number of hydrogen-bond acceptors (Lipinski definition) is 5. The number of anilines is 1. The average molecular weight is 388 g/mol. The highest BCUT2D eigenvalue weighted by atomic mass is 35.5. The second-order valence-corrected chi connectivity index (χ2v) is 10.1. The lowest BCUT2D eigenvalue weighted by atomic mass is 10.1. The lowest BCUT2D eigenvalue weighted by Gasteiger charge is -2.18. The van der Waals surface area contributed by atoms with Crippen molar-refractivity contribution in [1.82, 2.24) is 0 Å². The Morgan fingerprint density at radius 1 is 0.917 bits per heavy atom. The van der Waals surface area contributed by atoms with E-state index in [2.05, 4.69) is 5.32 Å². The van der Waals surface area contributed by atoms with Crippen molar-refractivity contribution in [3.63, 3.8) is 0 Å². The summed E-state index contributed by atoms with van der Waals surface area (Å²) in [5.41, 5.74) is 1.28. The van der Waals surface area contributed by atoms with Gasteiger partial charge in [-0.1, -0.05) is 23.7 Å². The zero-order chi connectivity index (χ0) is 18.1. The molecule has 0 saturated heterocycles. The summed E-state index contributed by atoms with van der Waals surface area (Å²) in [6.07, 6.45) is 2.09. The van der Waals surface area contributed by atoms with E-state index in [1.807, 2.05) is 19.1 Å². The van der Waals surface area contributed by atoms with Crippen LogP contribution in [0.3, 0.4) is 0 Å². The maximum atomic E-state index is 12.0. The molecule has 130 valence electrons. The van der Waals surface area contributed by atoms with Gasteiger partial charge in [-0.3, -0.25) is 0 Å². The Labute approximate surface area is 147 Å². The summed E-state index contributed by atoms with van der Waals surface area (Å²) >= 11 is 5.87. The molecule has 0 spiro atoms. The molecule has 0 amide bonds. The zero-order valence-corrected chi connectivity index (χ0v) is 15.8. The van der Waals surface area contributed by atoms with Crippen molar-refractivity contribution in [2.24, 2.45) is 0 Å². The smallest absolute Gasteiger partial charge is 0.177 e. The number of rotatable bonds is 5. The summed E-state index contributed by atoms with van der Waals surface area (Å²) in [5, 5.41) is 3.73. The molecule has 24 heavy (non-hydrogen) atoms. The molecule has 2 aromatic rings. The molecular weight excluding hydrogens is 370 g/mol. The molecule has 2 aromatic carbocycles. The van der Waals surface area contributed by atoms with Crippen LogP contribution in [0.5, 0.6) is 0 Å². The topological polar surface area (TPSA) is 80.3 Å². The van der Waals surface area contributed by atoms with Crippen LogP contribution in [-0.4, -0.2) is 29.3 Å². The highest BCUT2D eigenvalue weighted by Crippen LogP contribution is 2.28. The molecule has 1 atom stereocenters. The molecular formula is C16H18ClNO4S2. The van der Waals surface area contributed by atoms with Gasteiger partial charge in [-0.2, -0.15) is 0 Å². The van der Waals surface area contributed by atoms with Gasteiger partial charge in [0.2, 0.25) is 0 Å². The standard InChI is InChI=1S/C16H18ClNO4S2/c1-11(12-4-6-13(17)7-5-12)18-15-9-8-14(23(2,19)20)10-16(15)24(3,21)22/h4-11,18H,1-3H3. The van der Waals surface area contributed by atoms with E-state index < -0.39 is 19.7 Å². The summed E-state index contributed by atoms with van der Waals surface area (Å²) in [6.45, 7) is 1.87. The van der Waals surface area contributed by atoms with E-state index in [1.54, 1.807) is 12.1 Å². The summed E-state index contributed by atoms with van der Waals surface area (Å²) in [7, 11) is -7.09. The molecule has 0 aliphatic rings. The van der Waals surface area contributed by atoms with E-state index in [9.17, 15) is 16.8 Å². The number of sulfone groups is 2. The number of hydrogen-bond donors (Lipinski definition) is 1.